The zero-order valence-corrected chi connectivity index (χ0v) is 37.3. The average Bonchev–Trinajstić information content (AvgIpc) is 3.78. The Morgan fingerprint density at radius 2 is 1.39 bits per heavy atom. The van der Waals surface area contributed by atoms with Crippen LogP contribution in [0.2, 0.25) is 17.3 Å². The van der Waals surface area contributed by atoms with Crippen molar-refractivity contribution in [3.63, 3.8) is 0 Å². The van der Waals surface area contributed by atoms with E-state index in [-0.39, 0.29) is 20.1 Å². The fraction of sp³-hybridized carbons (Fsp3) is 0.137. The van der Waals surface area contributed by atoms with Gasteiger partial charge in [0.05, 0.1) is 22.4 Å². The van der Waals surface area contributed by atoms with Crippen LogP contribution >= 0.6 is 0 Å². The van der Waals surface area contributed by atoms with Gasteiger partial charge in [0.1, 0.15) is 5.58 Å². The second kappa shape index (κ2) is 15.9. The van der Waals surface area contributed by atoms with Crippen LogP contribution in [0.3, 0.4) is 0 Å². The Bertz CT molecular complexity index is 3030. The van der Waals surface area contributed by atoms with Gasteiger partial charge in [0, 0.05) is 36.6 Å². The minimum Gasteiger partial charge on any atom is -0.501 e. The van der Waals surface area contributed by atoms with Gasteiger partial charge in [0.15, 0.2) is 0 Å². The summed E-state index contributed by atoms with van der Waals surface area (Å²) in [6.07, 6.45) is 3.27. The van der Waals surface area contributed by atoms with E-state index in [9.17, 15) is 0 Å². The molecule has 10 aromatic rings. The Kier molecular flexibility index (Phi) is 10.8. The molecule has 0 aliphatic rings. The predicted octanol–water partition coefficient (Wildman–Crippen LogP) is 13.0. The standard InChI is InChI=1S/C33H19N2O.C18H24GeN.Ir/c1-2-11-23-20-30-28(19-22(23)10-1)34-33(35(30)29-17-7-12-21-9-3-4-13-24(21)29)27-16-8-15-26-25-14-5-6-18-31(25)36-32(26)27;1-14(2)11-16-12-18(15-9-7-6-8-10-15)20-13-17(16)19(3,4)5;/h1-15,17-20H;6-9,12-14H,11H2,1-5H3;/q2*-1;. The van der Waals surface area contributed by atoms with Crippen molar-refractivity contribution in [2.75, 3.05) is 0 Å². The van der Waals surface area contributed by atoms with Gasteiger partial charge in [-0.15, -0.1) is 18.2 Å². The molecule has 1 radical (unpaired) electrons. The molecule has 7 aromatic carbocycles. The molecule has 57 heavy (non-hydrogen) atoms. The van der Waals surface area contributed by atoms with E-state index in [4.69, 9.17) is 14.4 Å². The molecular weight excluding hydrogens is 935 g/mol. The number of imidazole rings is 1. The molecule has 10 rings (SSSR count). The summed E-state index contributed by atoms with van der Waals surface area (Å²) in [5.74, 6) is 8.81. The van der Waals surface area contributed by atoms with Gasteiger partial charge in [-0.3, -0.25) is 4.98 Å². The maximum Gasteiger partial charge on any atom is 0.120 e. The fourth-order valence-corrected chi connectivity index (χ4v) is 11.3. The van der Waals surface area contributed by atoms with Gasteiger partial charge in [-0.05, 0) is 40.4 Å². The van der Waals surface area contributed by atoms with Crippen LogP contribution in [-0.2, 0) is 26.5 Å². The van der Waals surface area contributed by atoms with Crippen molar-refractivity contribution < 1.29 is 24.5 Å². The Hall–Kier alpha value is -5.33. The van der Waals surface area contributed by atoms with E-state index in [2.05, 4.69) is 157 Å². The van der Waals surface area contributed by atoms with E-state index in [1.54, 1.807) is 4.40 Å². The number of pyridine rings is 1. The van der Waals surface area contributed by atoms with Crippen LogP contribution in [0.25, 0.3) is 82.8 Å². The number of furan rings is 1. The zero-order chi connectivity index (χ0) is 38.4. The normalized spacial score (nSPS) is 11.7. The van der Waals surface area contributed by atoms with Crippen LogP contribution in [0.4, 0.5) is 0 Å². The summed E-state index contributed by atoms with van der Waals surface area (Å²) < 4.78 is 10.2. The third kappa shape index (κ3) is 7.48. The Morgan fingerprint density at radius 3 is 2.14 bits per heavy atom. The third-order valence-electron chi connectivity index (χ3n) is 10.5. The number of para-hydroxylation sites is 1. The van der Waals surface area contributed by atoms with E-state index < -0.39 is 13.3 Å². The van der Waals surface area contributed by atoms with Gasteiger partial charge < -0.3 is 8.98 Å². The van der Waals surface area contributed by atoms with E-state index in [0.29, 0.717) is 5.92 Å². The van der Waals surface area contributed by atoms with E-state index >= 15 is 0 Å². The van der Waals surface area contributed by atoms with Crippen LogP contribution in [0.15, 0.2) is 156 Å². The summed E-state index contributed by atoms with van der Waals surface area (Å²) in [5, 5.41) is 6.89. The van der Waals surface area contributed by atoms with E-state index in [1.165, 1.54) is 27.1 Å². The summed E-state index contributed by atoms with van der Waals surface area (Å²) in [6, 6.07) is 57.1. The second-order valence-corrected chi connectivity index (χ2v) is 26.6. The van der Waals surface area contributed by atoms with Crippen molar-refractivity contribution in [1.29, 1.82) is 0 Å². The summed E-state index contributed by atoms with van der Waals surface area (Å²) in [5.41, 5.74) is 9.25. The quantitative estimate of drug-likeness (QED) is 0.123. The van der Waals surface area contributed by atoms with Gasteiger partial charge in [0.25, 0.3) is 0 Å². The number of hydrogen-bond donors (Lipinski definition) is 0. The molecule has 0 N–H and O–H groups in total. The number of hydrogen-bond acceptors (Lipinski definition) is 3. The minimum atomic E-state index is -1.86. The number of rotatable bonds is 6. The maximum absolute atomic E-state index is 6.41. The molecule has 3 heterocycles. The molecular formula is C51H43GeIrN3O-2. The molecule has 0 unspecified atom stereocenters. The summed E-state index contributed by atoms with van der Waals surface area (Å²) in [6.45, 7) is 4.57. The van der Waals surface area contributed by atoms with E-state index in [1.807, 2.05) is 42.5 Å². The topological polar surface area (TPSA) is 43.9 Å². The first kappa shape index (κ1) is 38.5. The van der Waals surface area contributed by atoms with Crippen molar-refractivity contribution in [2.24, 2.45) is 5.92 Å². The van der Waals surface area contributed by atoms with Crippen LogP contribution in [-0.4, -0.2) is 27.8 Å². The predicted molar refractivity (Wildman–Crippen MR) is 238 cm³/mol. The molecule has 0 spiro atoms. The molecule has 0 fully saturated rings. The zero-order valence-electron chi connectivity index (χ0n) is 32.8. The van der Waals surface area contributed by atoms with Crippen LogP contribution in [0, 0.1) is 18.1 Å². The first-order valence-corrected chi connectivity index (χ1v) is 26.8. The summed E-state index contributed by atoms with van der Waals surface area (Å²) in [4.78, 5) is 9.91. The summed E-state index contributed by atoms with van der Waals surface area (Å²) in [7, 11) is 0. The SMILES string of the molecule is CC(C)Cc1cc(-c2[c-]cccc2)nc[c]1[Ge]([CH3])([CH3])[CH3].[Ir].[c-]1ccc2c(oc3ccccc32)c1-c1nc2cc3ccccc3cc2n1-c1cccc2ccccc12. The molecule has 0 amide bonds. The van der Waals surface area contributed by atoms with Gasteiger partial charge in [-0.1, -0.05) is 89.8 Å². The smallest absolute Gasteiger partial charge is 0.120 e. The molecule has 6 heteroatoms. The first-order valence-electron chi connectivity index (χ1n) is 19.4. The van der Waals surface area contributed by atoms with Crippen LogP contribution in [0.5, 0.6) is 0 Å². The third-order valence-corrected chi connectivity index (χ3v) is 14.8. The summed E-state index contributed by atoms with van der Waals surface area (Å²) >= 11 is -1.86. The monoisotopic (exact) mass is 980 g/mol. The Balaban J connectivity index is 0.000000186. The van der Waals surface area contributed by atoms with Crippen LogP contribution in [0.1, 0.15) is 19.4 Å². The van der Waals surface area contributed by atoms with Crippen LogP contribution < -0.4 is 4.40 Å². The van der Waals surface area contributed by atoms with E-state index in [0.717, 1.165) is 67.7 Å². The number of nitrogens with zero attached hydrogens (tertiary/aromatic N) is 3. The molecule has 283 valence electrons. The molecule has 0 saturated carbocycles. The molecule has 0 aliphatic heterocycles. The molecule has 0 atom stereocenters. The van der Waals surface area contributed by atoms with Crippen molar-refractivity contribution in [2.45, 2.75) is 37.5 Å². The van der Waals surface area contributed by atoms with Crippen molar-refractivity contribution in [3.8, 4) is 28.3 Å². The molecule has 0 aliphatic carbocycles. The van der Waals surface area contributed by atoms with Crippen molar-refractivity contribution in [3.05, 3.63) is 169 Å². The van der Waals surface area contributed by atoms with Gasteiger partial charge >= 0.3 is 126 Å². The molecule has 0 saturated heterocycles. The largest absolute Gasteiger partial charge is 0.501 e. The average molecular weight is 979 g/mol. The molecule has 4 nitrogen and oxygen atoms in total. The minimum absolute atomic E-state index is 0. The van der Waals surface area contributed by atoms with Crippen molar-refractivity contribution >= 4 is 72.2 Å². The maximum atomic E-state index is 6.41. The number of fused-ring (bicyclic) bond motifs is 6. The number of benzene rings is 7. The van der Waals surface area contributed by atoms with Gasteiger partial charge in [0.2, 0.25) is 0 Å². The number of aromatic nitrogens is 3. The molecule has 3 aromatic heterocycles. The fourth-order valence-electron chi connectivity index (χ4n) is 7.92. The Morgan fingerprint density at radius 1 is 0.684 bits per heavy atom. The van der Waals surface area contributed by atoms with Crippen molar-refractivity contribution in [1.82, 2.24) is 14.5 Å². The Labute approximate surface area is 350 Å². The first-order chi connectivity index (χ1) is 27.2. The molecule has 0 bridgehead atoms. The van der Waals surface area contributed by atoms with Gasteiger partial charge in [-0.25, -0.2) is 0 Å². The van der Waals surface area contributed by atoms with Gasteiger partial charge in [-0.2, -0.15) is 0 Å². The second-order valence-electron chi connectivity index (χ2n) is 16.0.